The molecule has 0 bridgehead atoms. The molecule has 176 valence electrons. The third kappa shape index (κ3) is 6.50. The molecule has 0 aromatic carbocycles. The number of halogens is 2. The van der Waals surface area contributed by atoms with Gasteiger partial charge in [-0.25, -0.2) is 14.5 Å². The van der Waals surface area contributed by atoms with Gasteiger partial charge in [-0.2, -0.15) is 5.10 Å². The first-order valence-electron chi connectivity index (χ1n) is 10.7. The van der Waals surface area contributed by atoms with Gasteiger partial charge in [0.05, 0.1) is 23.4 Å². The van der Waals surface area contributed by atoms with Crippen molar-refractivity contribution in [3.05, 3.63) is 51.5 Å². The Labute approximate surface area is 202 Å². The maximum absolute atomic E-state index is 13.0. The Morgan fingerprint density at radius 1 is 1.09 bits per heavy atom. The zero-order chi connectivity index (χ0) is 24.0. The van der Waals surface area contributed by atoms with E-state index < -0.39 is 0 Å². The van der Waals surface area contributed by atoms with Crippen LogP contribution in [0.15, 0.2) is 24.5 Å². The quantitative estimate of drug-likeness (QED) is 0.340. The molecule has 3 aromatic rings. The number of nitrogens with zero attached hydrogens (tertiary/aromatic N) is 4. The van der Waals surface area contributed by atoms with Crippen LogP contribution in [-0.4, -0.2) is 44.9 Å². The van der Waals surface area contributed by atoms with Crippen molar-refractivity contribution in [2.24, 2.45) is 0 Å². The van der Waals surface area contributed by atoms with Crippen LogP contribution in [-0.2, 0) is 27.2 Å². The highest BCUT2D eigenvalue weighted by Crippen LogP contribution is 2.25. The number of ketones is 2. The molecule has 0 fully saturated rings. The van der Waals surface area contributed by atoms with Crippen molar-refractivity contribution in [2.75, 3.05) is 13.7 Å². The average molecular weight is 493 g/mol. The van der Waals surface area contributed by atoms with Crippen LogP contribution in [0.3, 0.4) is 0 Å². The number of carbonyl (C=O) groups excluding carboxylic acids is 2. The first-order valence-corrected chi connectivity index (χ1v) is 11.4. The van der Waals surface area contributed by atoms with Gasteiger partial charge in [-0.1, -0.05) is 30.1 Å². The molecule has 3 aromatic heterocycles. The zero-order valence-corrected chi connectivity index (χ0v) is 20.3. The second-order valence-corrected chi connectivity index (χ2v) is 8.46. The Morgan fingerprint density at radius 2 is 1.85 bits per heavy atom. The van der Waals surface area contributed by atoms with Gasteiger partial charge in [-0.05, 0) is 19.4 Å². The molecule has 0 aliphatic rings. The van der Waals surface area contributed by atoms with Gasteiger partial charge in [0.2, 0.25) is 5.88 Å². The van der Waals surface area contributed by atoms with E-state index in [1.54, 1.807) is 30.0 Å². The highest BCUT2D eigenvalue weighted by atomic mass is 35.5. The van der Waals surface area contributed by atoms with E-state index >= 15 is 0 Å². The van der Waals surface area contributed by atoms with Crippen molar-refractivity contribution >= 4 is 40.4 Å². The summed E-state index contributed by atoms with van der Waals surface area (Å²) in [6.07, 6.45) is 4.52. The number of aromatic nitrogens is 4. The maximum Gasteiger partial charge on any atom is 0.217 e. The standard InChI is InChI=1S/C23H26Cl2N4O4/c1-4-18(30)6-5-7-33-23-15(8-17(24)13-27-23)9-19(31)10-16-12-26-21-11-20(25)28-29(21)22(16)14(2)32-3/h8,11-14H,4-7,9-10H2,1-3H3/t14-/m0/s1. The normalized spacial score (nSPS) is 12.2. The van der Waals surface area contributed by atoms with Crippen molar-refractivity contribution in [1.82, 2.24) is 19.6 Å². The average Bonchev–Trinajstić information content (AvgIpc) is 3.17. The van der Waals surface area contributed by atoms with Gasteiger partial charge in [0.15, 0.2) is 10.8 Å². The van der Waals surface area contributed by atoms with Gasteiger partial charge >= 0.3 is 0 Å². The molecule has 33 heavy (non-hydrogen) atoms. The summed E-state index contributed by atoms with van der Waals surface area (Å²) in [6, 6.07) is 3.32. The SMILES string of the molecule is CCC(=O)CCCOc1ncc(Cl)cc1CC(=O)Cc1cnc2cc(Cl)nn2c1[C@H](C)OC. The van der Waals surface area contributed by atoms with Crippen LogP contribution in [0, 0.1) is 0 Å². The fourth-order valence-electron chi connectivity index (χ4n) is 3.47. The van der Waals surface area contributed by atoms with Crippen LogP contribution in [0.5, 0.6) is 5.88 Å². The molecule has 0 unspecified atom stereocenters. The molecule has 3 heterocycles. The van der Waals surface area contributed by atoms with Crippen LogP contribution in [0.4, 0.5) is 0 Å². The fourth-order valence-corrected chi connectivity index (χ4v) is 3.82. The number of methoxy groups -OCH3 is 1. The predicted molar refractivity (Wildman–Crippen MR) is 125 cm³/mol. The molecule has 1 atom stereocenters. The van der Waals surface area contributed by atoms with Crippen LogP contribution in [0.2, 0.25) is 10.2 Å². The van der Waals surface area contributed by atoms with Crippen molar-refractivity contribution in [3.8, 4) is 5.88 Å². The fraction of sp³-hybridized carbons (Fsp3) is 0.435. The van der Waals surface area contributed by atoms with Crippen LogP contribution < -0.4 is 4.74 Å². The molecule has 0 spiro atoms. The second kappa shape index (κ2) is 11.5. The summed E-state index contributed by atoms with van der Waals surface area (Å²) < 4.78 is 12.8. The molecule has 10 heteroatoms. The third-order valence-electron chi connectivity index (χ3n) is 5.21. The summed E-state index contributed by atoms with van der Waals surface area (Å²) in [5.41, 5.74) is 2.57. The van der Waals surface area contributed by atoms with E-state index in [9.17, 15) is 9.59 Å². The van der Waals surface area contributed by atoms with Gasteiger partial charge < -0.3 is 9.47 Å². The Morgan fingerprint density at radius 3 is 2.58 bits per heavy atom. The van der Waals surface area contributed by atoms with E-state index in [1.807, 2.05) is 13.8 Å². The molecular weight excluding hydrogens is 467 g/mol. The lowest BCUT2D eigenvalue weighted by Gasteiger charge is -2.16. The molecule has 3 rings (SSSR count). The minimum absolute atomic E-state index is 0.0750. The van der Waals surface area contributed by atoms with Gasteiger partial charge in [-0.15, -0.1) is 0 Å². The summed E-state index contributed by atoms with van der Waals surface area (Å²) in [4.78, 5) is 33.1. The molecule has 0 aliphatic heterocycles. The van der Waals surface area contributed by atoms with Crippen molar-refractivity contribution in [2.45, 2.75) is 52.1 Å². The molecule has 0 N–H and O–H groups in total. The minimum atomic E-state index is -0.327. The van der Waals surface area contributed by atoms with E-state index in [-0.39, 0.29) is 30.5 Å². The van der Waals surface area contributed by atoms with Crippen LogP contribution in [0.25, 0.3) is 5.65 Å². The number of fused-ring (bicyclic) bond motifs is 1. The first kappa shape index (κ1) is 25.1. The third-order valence-corrected chi connectivity index (χ3v) is 5.60. The van der Waals surface area contributed by atoms with Crippen molar-refractivity contribution < 1.29 is 19.1 Å². The summed E-state index contributed by atoms with van der Waals surface area (Å²) in [7, 11) is 1.59. The molecule has 0 amide bonds. The van der Waals surface area contributed by atoms with E-state index in [0.29, 0.717) is 64.4 Å². The number of rotatable bonds is 12. The molecule has 0 saturated carbocycles. The lowest BCUT2D eigenvalue weighted by molar-refractivity contribution is -0.119. The number of pyridine rings is 1. The summed E-state index contributed by atoms with van der Waals surface area (Å²) in [5, 5.41) is 5.00. The van der Waals surface area contributed by atoms with Gasteiger partial charge in [-0.3, -0.25) is 9.59 Å². The van der Waals surface area contributed by atoms with Crippen LogP contribution >= 0.6 is 23.2 Å². The number of hydrogen-bond donors (Lipinski definition) is 0. The van der Waals surface area contributed by atoms with Gasteiger partial charge in [0.25, 0.3) is 0 Å². The van der Waals surface area contributed by atoms with Gasteiger partial charge in [0.1, 0.15) is 11.6 Å². The summed E-state index contributed by atoms with van der Waals surface area (Å²) >= 11 is 12.2. The van der Waals surface area contributed by atoms with Crippen molar-refractivity contribution in [3.63, 3.8) is 0 Å². The Hall–Kier alpha value is -2.55. The lowest BCUT2D eigenvalue weighted by Crippen LogP contribution is -2.15. The summed E-state index contributed by atoms with van der Waals surface area (Å²) in [5.74, 6) is 0.451. The van der Waals surface area contributed by atoms with E-state index in [4.69, 9.17) is 32.7 Å². The number of carbonyl (C=O) groups is 2. The predicted octanol–water partition coefficient (Wildman–Crippen LogP) is 4.63. The van der Waals surface area contributed by atoms with E-state index in [1.165, 1.54) is 6.20 Å². The smallest absolute Gasteiger partial charge is 0.217 e. The monoisotopic (exact) mass is 492 g/mol. The Bertz CT molecular complexity index is 1150. The lowest BCUT2D eigenvalue weighted by atomic mass is 10.0. The Kier molecular flexibility index (Phi) is 8.77. The Balaban J connectivity index is 1.76. The second-order valence-electron chi connectivity index (χ2n) is 7.64. The highest BCUT2D eigenvalue weighted by Gasteiger charge is 2.20. The number of ether oxygens (including phenoxy) is 2. The zero-order valence-electron chi connectivity index (χ0n) is 18.8. The van der Waals surface area contributed by atoms with Crippen molar-refractivity contribution in [1.29, 1.82) is 0 Å². The van der Waals surface area contributed by atoms with Crippen LogP contribution in [0.1, 0.15) is 56.0 Å². The highest BCUT2D eigenvalue weighted by molar-refractivity contribution is 6.30. The molecular formula is C23H26Cl2N4O4. The number of Topliss-reactive ketones (excluding diaryl/α,β-unsaturated/α-hetero) is 2. The maximum atomic E-state index is 13.0. The minimum Gasteiger partial charge on any atom is -0.477 e. The van der Waals surface area contributed by atoms with Gasteiger partial charge in [0, 0.05) is 62.4 Å². The largest absolute Gasteiger partial charge is 0.477 e. The first-order chi connectivity index (χ1) is 15.8. The molecule has 0 radical (unpaired) electrons. The molecule has 0 aliphatic carbocycles. The van der Waals surface area contributed by atoms with E-state index in [0.717, 1.165) is 0 Å². The summed E-state index contributed by atoms with van der Waals surface area (Å²) in [6.45, 7) is 4.03. The molecule has 0 saturated heterocycles. The van der Waals surface area contributed by atoms with E-state index in [2.05, 4.69) is 15.1 Å². The molecule has 8 nitrogen and oxygen atoms in total. The topological polar surface area (TPSA) is 95.7 Å². The number of hydrogen-bond acceptors (Lipinski definition) is 7.